The number of rotatable bonds is 6. The lowest BCUT2D eigenvalue weighted by atomic mass is 9.64. The molecule has 7 heteroatoms. The first-order valence-electron chi connectivity index (χ1n) is 12.7. The quantitative estimate of drug-likeness (QED) is 0.240. The molecule has 1 heterocycles. The van der Waals surface area contributed by atoms with E-state index in [2.05, 4.69) is 19.9 Å². The first kappa shape index (κ1) is 25.6. The van der Waals surface area contributed by atoms with Crippen LogP contribution in [0.25, 0.3) is 0 Å². The molecule has 0 aromatic heterocycles. The molecule has 7 atom stereocenters. The van der Waals surface area contributed by atoms with E-state index in [-0.39, 0.29) is 59.3 Å². The van der Waals surface area contributed by atoms with Crippen LogP contribution in [-0.4, -0.2) is 41.5 Å². The maximum atomic E-state index is 13.2. The van der Waals surface area contributed by atoms with Gasteiger partial charge in [0.2, 0.25) is 0 Å². The number of carbonyl (C=O) groups is 4. The second kappa shape index (κ2) is 8.31. The van der Waals surface area contributed by atoms with E-state index in [1.54, 1.807) is 6.08 Å². The van der Waals surface area contributed by atoms with Crippen LogP contribution in [0.3, 0.4) is 0 Å². The van der Waals surface area contributed by atoms with Gasteiger partial charge in [0.25, 0.3) is 0 Å². The number of carbonyl (C=O) groups excluding carboxylic acids is 4. The normalized spacial score (nSPS) is 38.5. The van der Waals surface area contributed by atoms with Crippen LogP contribution in [0.15, 0.2) is 23.3 Å². The Morgan fingerprint density at radius 2 is 1.86 bits per heavy atom. The zero-order valence-electron chi connectivity index (χ0n) is 22.1. The van der Waals surface area contributed by atoms with Gasteiger partial charge in [-0.25, -0.2) is 0 Å². The van der Waals surface area contributed by atoms with E-state index in [0.717, 1.165) is 5.57 Å². The van der Waals surface area contributed by atoms with Crippen LogP contribution in [0.2, 0.25) is 0 Å². The van der Waals surface area contributed by atoms with Gasteiger partial charge in [0.15, 0.2) is 5.78 Å². The largest absolute Gasteiger partial charge is 0.461 e. The summed E-state index contributed by atoms with van der Waals surface area (Å²) >= 11 is 0. The molecular weight excluding hydrogens is 448 g/mol. The topological polar surface area (TPSA) is 96.0 Å². The van der Waals surface area contributed by atoms with Gasteiger partial charge in [-0.1, -0.05) is 47.6 Å². The zero-order valence-corrected chi connectivity index (χ0v) is 22.1. The van der Waals surface area contributed by atoms with Crippen molar-refractivity contribution >= 4 is 23.7 Å². The van der Waals surface area contributed by atoms with Gasteiger partial charge in [-0.15, -0.1) is 0 Å². The van der Waals surface area contributed by atoms with E-state index in [0.29, 0.717) is 18.4 Å². The number of hydrogen-bond donors (Lipinski definition) is 0. The summed E-state index contributed by atoms with van der Waals surface area (Å²) in [4.78, 5) is 50.2. The maximum Gasteiger partial charge on any atom is 0.314 e. The Kier molecular flexibility index (Phi) is 6.09. The molecule has 4 aliphatic rings. The van der Waals surface area contributed by atoms with Crippen molar-refractivity contribution in [3.05, 3.63) is 23.3 Å². The average molecular weight is 487 g/mol. The van der Waals surface area contributed by atoms with Crippen LogP contribution in [0.5, 0.6) is 0 Å². The molecule has 0 aromatic carbocycles. The van der Waals surface area contributed by atoms with Crippen molar-refractivity contribution in [3.8, 4) is 0 Å². The van der Waals surface area contributed by atoms with Crippen LogP contribution in [0.4, 0.5) is 0 Å². The third kappa shape index (κ3) is 3.68. The van der Waals surface area contributed by atoms with Crippen molar-refractivity contribution in [2.45, 2.75) is 79.4 Å². The molecule has 0 aromatic rings. The number of esters is 3. The Bertz CT molecular complexity index is 1030. The van der Waals surface area contributed by atoms with Crippen molar-refractivity contribution in [1.82, 2.24) is 0 Å². The van der Waals surface area contributed by atoms with E-state index in [4.69, 9.17) is 14.2 Å². The summed E-state index contributed by atoms with van der Waals surface area (Å²) in [6, 6.07) is 0. The smallest absolute Gasteiger partial charge is 0.314 e. The standard InChI is InChI=1S/C28H38O7/c1-14(2)17(5)24(31)34-27-12-15(3)28-21(9-16(4)29)20(25(32)35-28)10-19(13-33-18(6)30)11-22(28)23(27)26(27,7)8/h9,11,14-15,17,20,22-23H,10,12-13H2,1-8H3. The Hall–Kier alpha value is -2.44. The van der Waals surface area contributed by atoms with Gasteiger partial charge in [0.1, 0.15) is 17.8 Å². The molecule has 7 nitrogen and oxygen atoms in total. The Morgan fingerprint density at radius 1 is 1.20 bits per heavy atom. The molecule has 3 fully saturated rings. The molecule has 192 valence electrons. The second-order valence-corrected chi connectivity index (χ2v) is 12.0. The molecule has 2 saturated carbocycles. The van der Waals surface area contributed by atoms with Gasteiger partial charge < -0.3 is 14.2 Å². The zero-order chi connectivity index (χ0) is 26.1. The summed E-state index contributed by atoms with van der Waals surface area (Å²) < 4.78 is 17.9. The Balaban J connectivity index is 1.83. The molecule has 1 saturated heterocycles. The van der Waals surface area contributed by atoms with Gasteiger partial charge >= 0.3 is 17.9 Å². The number of hydrogen-bond acceptors (Lipinski definition) is 7. The third-order valence-electron chi connectivity index (χ3n) is 9.22. The molecule has 3 aliphatic carbocycles. The summed E-state index contributed by atoms with van der Waals surface area (Å²) in [6.07, 6.45) is 4.52. The maximum absolute atomic E-state index is 13.2. The number of allylic oxidation sites excluding steroid dienone is 1. The predicted octanol–water partition coefficient (Wildman–Crippen LogP) is 4.19. The summed E-state index contributed by atoms with van der Waals surface area (Å²) in [5, 5.41) is 0. The summed E-state index contributed by atoms with van der Waals surface area (Å²) in [7, 11) is 0. The monoisotopic (exact) mass is 486 g/mol. The first-order valence-corrected chi connectivity index (χ1v) is 12.7. The van der Waals surface area contributed by atoms with E-state index < -0.39 is 23.1 Å². The fourth-order valence-electron chi connectivity index (χ4n) is 7.02. The number of fused-ring (bicyclic) bond motifs is 3. The Labute approximate surface area is 207 Å². The lowest BCUT2D eigenvalue weighted by molar-refractivity contribution is -0.176. The lowest BCUT2D eigenvalue weighted by Gasteiger charge is -2.46. The van der Waals surface area contributed by atoms with Crippen LogP contribution >= 0.6 is 0 Å². The van der Waals surface area contributed by atoms with E-state index >= 15 is 0 Å². The highest BCUT2D eigenvalue weighted by Gasteiger charge is 2.83. The minimum Gasteiger partial charge on any atom is -0.461 e. The van der Waals surface area contributed by atoms with Gasteiger partial charge in [-0.2, -0.15) is 0 Å². The molecule has 0 radical (unpaired) electrons. The van der Waals surface area contributed by atoms with Crippen LogP contribution in [-0.2, 0) is 33.4 Å². The van der Waals surface area contributed by atoms with Crippen molar-refractivity contribution < 1.29 is 33.4 Å². The SMILES string of the molecule is CC(=O)C=C1C2CC(COC(C)=O)=CC3C4C(C)(C)C4(OC(=O)C(C)C(C)C)CC(C)C13OC2=O. The first-order chi connectivity index (χ1) is 16.2. The molecule has 0 N–H and O–H groups in total. The van der Waals surface area contributed by atoms with E-state index in [1.165, 1.54) is 13.8 Å². The van der Waals surface area contributed by atoms with Gasteiger partial charge in [-0.05, 0) is 42.9 Å². The van der Waals surface area contributed by atoms with Crippen molar-refractivity contribution in [3.63, 3.8) is 0 Å². The van der Waals surface area contributed by atoms with Gasteiger partial charge in [0.05, 0.1) is 11.8 Å². The summed E-state index contributed by atoms with van der Waals surface area (Å²) in [6.45, 7) is 15.0. The van der Waals surface area contributed by atoms with Crippen molar-refractivity contribution in [2.75, 3.05) is 6.61 Å². The minimum absolute atomic E-state index is 0.0811. The highest BCUT2D eigenvalue weighted by molar-refractivity contribution is 5.92. The van der Waals surface area contributed by atoms with E-state index in [9.17, 15) is 19.2 Å². The number of ketones is 1. The van der Waals surface area contributed by atoms with Crippen molar-refractivity contribution in [2.24, 2.45) is 40.9 Å². The molecule has 35 heavy (non-hydrogen) atoms. The lowest BCUT2D eigenvalue weighted by Crippen LogP contribution is -2.52. The molecule has 1 aliphatic heterocycles. The van der Waals surface area contributed by atoms with Crippen LogP contribution < -0.4 is 0 Å². The highest BCUT2D eigenvalue weighted by atomic mass is 16.6. The predicted molar refractivity (Wildman–Crippen MR) is 128 cm³/mol. The molecule has 2 bridgehead atoms. The fourth-order valence-corrected chi connectivity index (χ4v) is 7.02. The molecule has 0 amide bonds. The Morgan fingerprint density at radius 3 is 2.43 bits per heavy atom. The molecule has 4 rings (SSSR count). The van der Waals surface area contributed by atoms with Crippen LogP contribution in [0.1, 0.15) is 68.2 Å². The summed E-state index contributed by atoms with van der Waals surface area (Å²) in [5.41, 5.74) is -0.498. The second-order valence-electron chi connectivity index (χ2n) is 12.0. The third-order valence-corrected chi connectivity index (χ3v) is 9.22. The molecular formula is C28H38O7. The van der Waals surface area contributed by atoms with Crippen molar-refractivity contribution in [1.29, 1.82) is 0 Å². The van der Waals surface area contributed by atoms with Gasteiger partial charge in [0, 0.05) is 30.1 Å². The minimum atomic E-state index is -0.983. The fraction of sp³-hybridized carbons (Fsp3) is 0.714. The van der Waals surface area contributed by atoms with Crippen LogP contribution in [0, 0.1) is 40.9 Å². The summed E-state index contributed by atoms with van der Waals surface area (Å²) in [5.74, 6) is -2.37. The molecule has 1 spiro atoms. The highest BCUT2D eigenvalue weighted by Crippen LogP contribution is 2.77. The number of ether oxygens (including phenoxy) is 3. The average Bonchev–Trinajstić information content (AvgIpc) is 3.12. The van der Waals surface area contributed by atoms with Gasteiger partial charge in [-0.3, -0.25) is 19.2 Å². The van der Waals surface area contributed by atoms with E-state index in [1.807, 2.05) is 27.7 Å². The molecule has 7 unspecified atom stereocenters.